The van der Waals surface area contributed by atoms with Crippen molar-refractivity contribution in [3.05, 3.63) is 100 Å². The van der Waals surface area contributed by atoms with E-state index in [9.17, 15) is 14.7 Å². The van der Waals surface area contributed by atoms with Crippen LogP contribution in [0.1, 0.15) is 5.56 Å². The Morgan fingerprint density at radius 3 is 2.56 bits per heavy atom. The second-order valence-electron chi connectivity index (χ2n) is 8.64. The second-order valence-corrected chi connectivity index (χ2v) is 10.1. The number of aromatic hydroxyl groups is 1. The first-order chi connectivity index (χ1) is 18.9. The molecule has 3 aromatic carbocycles. The molecule has 2 heterocycles. The lowest BCUT2D eigenvalue weighted by molar-refractivity contribution is -0.123. The quantitative estimate of drug-likeness (QED) is 0.256. The average molecular weight is 562 g/mol. The Balaban J connectivity index is 1.27. The number of benzene rings is 3. The number of methoxy groups -OCH3 is 1. The summed E-state index contributed by atoms with van der Waals surface area (Å²) in [5, 5.41) is 12.8. The largest absolute Gasteiger partial charge is 0.508 e. The number of hydrogen-bond acceptors (Lipinski definition) is 7. The zero-order chi connectivity index (χ0) is 27.4. The van der Waals surface area contributed by atoms with E-state index in [2.05, 4.69) is 10.3 Å². The van der Waals surface area contributed by atoms with E-state index in [1.165, 1.54) is 29.3 Å². The van der Waals surface area contributed by atoms with Gasteiger partial charge in [-0.3, -0.25) is 14.2 Å². The van der Waals surface area contributed by atoms with Gasteiger partial charge in [-0.25, -0.2) is 4.98 Å². The topological polar surface area (TPSA) is 103 Å². The highest BCUT2D eigenvalue weighted by Crippen LogP contribution is 2.33. The predicted octanol–water partition coefficient (Wildman–Crippen LogP) is 5.22. The van der Waals surface area contributed by atoms with Crippen LogP contribution in [-0.4, -0.2) is 40.8 Å². The Bertz CT molecular complexity index is 1680. The van der Waals surface area contributed by atoms with Gasteiger partial charge in [-0.15, -0.1) is 11.3 Å². The summed E-state index contributed by atoms with van der Waals surface area (Å²) in [7, 11) is 1.49. The molecule has 10 heteroatoms. The zero-order valence-corrected chi connectivity index (χ0v) is 22.5. The van der Waals surface area contributed by atoms with Crippen LogP contribution in [0.3, 0.4) is 0 Å². The summed E-state index contributed by atoms with van der Waals surface area (Å²) in [5.74, 6) is 0.676. The Kier molecular flexibility index (Phi) is 7.81. The maximum Gasteiger partial charge on any atom is 0.275 e. The molecule has 0 bridgehead atoms. The van der Waals surface area contributed by atoms with Gasteiger partial charge >= 0.3 is 0 Å². The van der Waals surface area contributed by atoms with Crippen molar-refractivity contribution in [1.82, 2.24) is 14.9 Å². The Labute approximate surface area is 233 Å². The van der Waals surface area contributed by atoms with Crippen molar-refractivity contribution in [2.24, 2.45) is 0 Å². The summed E-state index contributed by atoms with van der Waals surface area (Å²) in [6.07, 6.45) is 2.11. The van der Waals surface area contributed by atoms with E-state index in [1.807, 2.05) is 30.3 Å². The number of rotatable bonds is 9. The molecule has 2 N–H and O–H groups in total. The molecule has 0 aliphatic carbocycles. The third-order valence-electron chi connectivity index (χ3n) is 6.02. The van der Waals surface area contributed by atoms with E-state index in [1.54, 1.807) is 42.5 Å². The van der Waals surface area contributed by atoms with Crippen LogP contribution < -0.4 is 20.3 Å². The van der Waals surface area contributed by atoms with Crippen LogP contribution >= 0.6 is 22.9 Å². The number of carbonyl (C=O) groups excluding carboxylic acids is 1. The minimum Gasteiger partial charge on any atom is -0.508 e. The first kappa shape index (κ1) is 26.3. The van der Waals surface area contributed by atoms with Gasteiger partial charge < -0.3 is 19.9 Å². The molecule has 0 saturated carbocycles. The van der Waals surface area contributed by atoms with Gasteiger partial charge in [-0.1, -0.05) is 35.9 Å². The van der Waals surface area contributed by atoms with Crippen LogP contribution in [-0.2, 0) is 11.2 Å². The van der Waals surface area contributed by atoms with Crippen molar-refractivity contribution in [3.63, 3.8) is 0 Å². The number of carbonyl (C=O) groups is 1. The lowest BCUT2D eigenvalue weighted by Crippen LogP contribution is -2.30. The van der Waals surface area contributed by atoms with Crippen molar-refractivity contribution in [2.75, 3.05) is 20.3 Å². The van der Waals surface area contributed by atoms with Crippen LogP contribution in [0.15, 0.2) is 83.9 Å². The normalized spacial score (nSPS) is 10.9. The third kappa shape index (κ3) is 6.05. The first-order valence-corrected chi connectivity index (χ1v) is 13.2. The lowest BCUT2D eigenvalue weighted by Gasteiger charge is -2.13. The second kappa shape index (κ2) is 11.6. The van der Waals surface area contributed by atoms with Gasteiger partial charge in [0.15, 0.2) is 18.1 Å². The summed E-state index contributed by atoms with van der Waals surface area (Å²) in [4.78, 5) is 31.0. The van der Waals surface area contributed by atoms with E-state index in [-0.39, 0.29) is 23.8 Å². The molecule has 8 nitrogen and oxygen atoms in total. The number of aromatic nitrogens is 2. The van der Waals surface area contributed by atoms with Crippen molar-refractivity contribution >= 4 is 39.1 Å². The van der Waals surface area contributed by atoms with Crippen LogP contribution in [0.5, 0.6) is 17.2 Å². The maximum absolute atomic E-state index is 13.3. The number of nitrogens with zero attached hydrogens (tertiary/aromatic N) is 2. The van der Waals surface area contributed by atoms with Gasteiger partial charge in [0.2, 0.25) is 0 Å². The SMILES string of the molecule is COc1cc(-n2cnc3cc(-c4ccc(Cl)cc4)sc3c2=O)ccc1OCC(=O)NCCc1ccc(O)cc1. The monoisotopic (exact) mass is 561 g/mol. The minimum atomic E-state index is -0.278. The standard InChI is InChI=1S/C29H24ClN3O5S/c1-37-25-14-21(8-11-24(25)38-16-27(35)31-13-12-18-2-9-22(34)10-3-18)33-17-32-23-15-26(39-28(23)29(33)36)19-4-6-20(30)7-5-19/h2-11,14-15,17,34H,12-13,16H2,1H3,(H,31,35). The van der Waals surface area contributed by atoms with E-state index in [0.29, 0.717) is 45.4 Å². The van der Waals surface area contributed by atoms with Crippen molar-refractivity contribution < 1.29 is 19.4 Å². The fraction of sp³-hybridized carbons (Fsp3) is 0.138. The summed E-state index contributed by atoms with van der Waals surface area (Å²) < 4.78 is 13.1. The smallest absolute Gasteiger partial charge is 0.275 e. The zero-order valence-electron chi connectivity index (χ0n) is 20.9. The van der Waals surface area contributed by atoms with Gasteiger partial charge in [0, 0.05) is 22.5 Å². The number of phenols is 1. The van der Waals surface area contributed by atoms with E-state index >= 15 is 0 Å². The summed E-state index contributed by atoms with van der Waals surface area (Å²) >= 11 is 7.37. The van der Waals surface area contributed by atoms with E-state index in [0.717, 1.165) is 16.0 Å². The number of ether oxygens (including phenoxy) is 2. The Hall–Kier alpha value is -4.34. The molecule has 0 unspecified atom stereocenters. The van der Waals surface area contributed by atoms with E-state index < -0.39 is 0 Å². The van der Waals surface area contributed by atoms with Crippen LogP contribution in [0.4, 0.5) is 0 Å². The minimum absolute atomic E-state index is 0.193. The number of thiophene rings is 1. The van der Waals surface area contributed by atoms with Gasteiger partial charge in [0.25, 0.3) is 11.5 Å². The maximum atomic E-state index is 13.3. The number of halogens is 1. The van der Waals surface area contributed by atoms with Crippen molar-refractivity contribution in [2.45, 2.75) is 6.42 Å². The highest BCUT2D eigenvalue weighted by molar-refractivity contribution is 7.22. The molecule has 198 valence electrons. The van der Waals surface area contributed by atoms with Gasteiger partial charge in [0.05, 0.1) is 18.3 Å². The molecule has 0 atom stereocenters. The van der Waals surface area contributed by atoms with Gasteiger partial charge in [0.1, 0.15) is 16.8 Å². The highest BCUT2D eigenvalue weighted by Gasteiger charge is 2.14. The molecule has 0 aliphatic rings. The molecule has 1 amide bonds. The molecule has 0 saturated heterocycles. The molecule has 0 fully saturated rings. The van der Waals surface area contributed by atoms with Crippen LogP contribution in [0.2, 0.25) is 5.02 Å². The highest BCUT2D eigenvalue weighted by atomic mass is 35.5. The molecule has 5 rings (SSSR count). The molecule has 0 spiro atoms. The molecule has 39 heavy (non-hydrogen) atoms. The Morgan fingerprint density at radius 2 is 1.82 bits per heavy atom. The van der Waals surface area contributed by atoms with Gasteiger partial charge in [-0.2, -0.15) is 0 Å². The van der Waals surface area contributed by atoms with Crippen molar-refractivity contribution in [3.8, 4) is 33.4 Å². The number of fused-ring (bicyclic) bond motifs is 1. The molecule has 5 aromatic rings. The Morgan fingerprint density at radius 1 is 1.05 bits per heavy atom. The molecule has 0 radical (unpaired) electrons. The lowest BCUT2D eigenvalue weighted by atomic mass is 10.1. The van der Waals surface area contributed by atoms with Crippen LogP contribution in [0.25, 0.3) is 26.3 Å². The molecule has 0 aliphatic heterocycles. The van der Waals surface area contributed by atoms with Crippen LogP contribution in [0, 0.1) is 0 Å². The molecule has 2 aromatic heterocycles. The fourth-order valence-corrected chi connectivity index (χ4v) is 5.15. The fourth-order valence-electron chi connectivity index (χ4n) is 3.98. The molecular weight excluding hydrogens is 538 g/mol. The molecular formula is C29H24ClN3O5S. The first-order valence-electron chi connectivity index (χ1n) is 12.0. The van der Waals surface area contributed by atoms with E-state index in [4.69, 9.17) is 21.1 Å². The average Bonchev–Trinajstić information content (AvgIpc) is 3.39. The third-order valence-corrected chi connectivity index (χ3v) is 7.44. The summed E-state index contributed by atoms with van der Waals surface area (Å²) in [6.45, 7) is 0.241. The summed E-state index contributed by atoms with van der Waals surface area (Å²) in [6, 6.07) is 21.2. The van der Waals surface area contributed by atoms with Crippen molar-refractivity contribution in [1.29, 1.82) is 0 Å². The van der Waals surface area contributed by atoms with Gasteiger partial charge in [-0.05, 0) is 60.0 Å². The summed E-state index contributed by atoms with van der Waals surface area (Å²) in [5.41, 5.74) is 2.93. The number of phenolic OH excluding ortho intramolecular Hbond substituents is 1. The number of nitrogens with one attached hydrogen (secondary N) is 1. The number of hydrogen-bond donors (Lipinski definition) is 2. The number of amides is 1. The predicted molar refractivity (Wildman–Crippen MR) is 153 cm³/mol.